The number of hydrogen-bond donors (Lipinski definition) is 2. The first-order chi connectivity index (χ1) is 10.4. The molecule has 0 aromatic carbocycles. The maximum absolute atomic E-state index is 12.5. The Balaban J connectivity index is 1.92. The van der Waals surface area contributed by atoms with E-state index >= 15 is 0 Å². The van der Waals surface area contributed by atoms with Crippen LogP contribution in [-0.4, -0.2) is 47.9 Å². The van der Waals surface area contributed by atoms with Crippen molar-refractivity contribution in [2.75, 3.05) is 32.0 Å². The number of carbonyl (C=O) groups excluding carboxylic acids is 1. The van der Waals surface area contributed by atoms with E-state index in [9.17, 15) is 4.79 Å². The summed E-state index contributed by atoms with van der Waals surface area (Å²) in [6.45, 7) is 11.8. The normalized spacial score (nSPS) is 24.0. The van der Waals surface area contributed by atoms with Crippen LogP contribution in [0.2, 0.25) is 0 Å². The van der Waals surface area contributed by atoms with Crippen LogP contribution in [-0.2, 0) is 0 Å². The number of nitrogens with zero attached hydrogens (tertiary/aromatic N) is 2. The van der Waals surface area contributed by atoms with Gasteiger partial charge in [0, 0.05) is 32.7 Å². The van der Waals surface area contributed by atoms with Gasteiger partial charge >= 0.3 is 0 Å². The Morgan fingerprint density at radius 2 is 2.05 bits per heavy atom. The fourth-order valence-corrected chi connectivity index (χ4v) is 4.22. The fourth-order valence-electron chi connectivity index (χ4n) is 3.48. The number of anilines is 1. The lowest BCUT2D eigenvalue weighted by molar-refractivity contribution is 0.0905. The molecule has 5 nitrogen and oxygen atoms in total. The second kappa shape index (κ2) is 7.42. The Morgan fingerprint density at radius 3 is 2.64 bits per heavy atom. The van der Waals surface area contributed by atoms with E-state index in [1.54, 1.807) is 0 Å². The molecule has 2 rings (SSSR count). The van der Waals surface area contributed by atoms with Crippen LogP contribution in [0.1, 0.15) is 43.2 Å². The van der Waals surface area contributed by atoms with Crippen LogP contribution in [0.4, 0.5) is 5.00 Å². The van der Waals surface area contributed by atoms with Crippen LogP contribution in [0.25, 0.3) is 0 Å². The van der Waals surface area contributed by atoms with E-state index in [1.807, 2.05) is 14.0 Å². The van der Waals surface area contributed by atoms with Crippen molar-refractivity contribution >= 4 is 22.4 Å². The molecule has 2 heterocycles. The summed E-state index contributed by atoms with van der Waals surface area (Å²) in [5, 5.41) is 7.00. The summed E-state index contributed by atoms with van der Waals surface area (Å²) in [6.07, 6.45) is 1.31. The van der Waals surface area contributed by atoms with Gasteiger partial charge in [-0.3, -0.25) is 4.79 Å². The molecule has 3 atom stereocenters. The van der Waals surface area contributed by atoms with Gasteiger partial charge in [0.05, 0.1) is 11.3 Å². The van der Waals surface area contributed by atoms with Crippen LogP contribution < -0.4 is 10.6 Å². The van der Waals surface area contributed by atoms with Gasteiger partial charge in [-0.25, -0.2) is 0 Å². The van der Waals surface area contributed by atoms with Gasteiger partial charge in [-0.05, 0) is 43.6 Å². The zero-order valence-corrected chi connectivity index (χ0v) is 15.1. The van der Waals surface area contributed by atoms with Crippen LogP contribution in [0.5, 0.6) is 0 Å². The third kappa shape index (κ3) is 4.20. The summed E-state index contributed by atoms with van der Waals surface area (Å²) in [6, 6.07) is 0.133. The molecule has 6 heteroatoms. The van der Waals surface area contributed by atoms with Crippen LogP contribution in [0.15, 0.2) is 0 Å². The van der Waals surface area contributed by atoms with Gasteiger partial charge in [0.2, 0.25) is 0 Å². The van der Waals surface area contributed by atoms with Crippen molar-refractivity contribution in [3.63, 3.8) is 0 Å². The lowest BCUT2D eigenvalue weighted by atomic mass is 9.92. The summed E-state index contributed by atoms with van der Waals surface area (Å²) in [4.78, 5) is 15.0. The molecule has 124 valence electrons. The first kappa shape index (κ1) is 17.2. The van der Waals surface area contributed by atoms with E-state index in [2.05, 4.69) is 40.7 Å². The van der Waals surface area contributed by atoms with E-state index in [0.29, 0.717) is 5.56 Å². The van der Waals surface area contributed by atoms with Gasteiger partial charge in [-0.2, -0.15) is 4.37 Å². The van der Waals surface area contributed by atoms with Crippen LogP contribution >= 0.6 is 11.5 Å². The summed E-state index contributed by atoms with van der Waals surface area (Å²) < 4.78 is 4.26. The summed E-state index contributed by atoms with van der Waals surface area (Å²) >= 11 is 1.34. The molecule has 0 saturated carbocycles. The number of nitrogens with one attached hydrogen (secondary N) is 2. The van der Waals surface area contributed by atoms with E-state index in [4.69, 9.17) is 0 Å². The van der Waals surface area contributed by atoms with Crippen molar-refractivity contribution < 1.29 is 4.79 Å². The van der Waals surface area contributed by atoms with Crippen LogP contribution in [0, 0.1) is 18.8 Å². The zero-order chi connectivity index (χ0) is 16.3. The number of rotatable bonds is 5. The average molecular weight is 324 g/mol. The van der Waals surface area contributed by atoms with E-state index < -0.39 is 0 Å². The third-order valence-corrected chi connectivity index (χ3v) is 5.13. The molecule has 0 aliphatic carbocycles. The van der Waals surface area contributed by atoms with Crippen molar-refractivity contribution in [3.05, 3.63) is 11.3 Å². The van der Waals surface area contributed by atoms with Gasteiger partial charge in [0.25, 0.3) is 5.91 Å². The lowest BCUT2D eigenvalue weighted by Crippen LogP contribution is -2.47. The molecule has 1 aliphatic heterocycles. The van der Waals surface area contributed by atoms with Crippen molar-refractivity contribution in [3.8, 4) is 0 Å². The average Bonchev–Trinajstić information content (AvgIpc) is 2.78. The Labute approximate surface area is 137 Å². The number of amides is 1. The first-order valence-electron chi connectivity index (χ1n) is 8.08. The predicted molar refractivity (Wildman–Crippen MR) is 92.7 cm³/mol. The van der Waals surface area contributed by atoms with E-state index in [-0.39, 0.29) is 11.9 Å². The second-order valence-electron chi connectivity index (χ2n) is 6.76. The highest BCUT2D eigenvalue weighted by Gasteiger charge is 2.24. The van der Waals surface area contributed by atoms with Gasteiger partial charge in [0.1, 0.15) is 5.00 Å². The Kier molecular flexibility index (Phi) is 5.81. The Bertz CT molecular complexity index is 506. The van der Waals surface area contributed by atoms with Crippen molar-refractivity contribution in [2.45, 2.75) is 40.2 Å². The molecule has 2 N–H and O–H groups in total. The number of carbonyl (C=O) groups is 1. The maximum Gasteiger partial charge on any atom is 0.256 e. The summed E-state index contributed by atoms with van der Waals surface area (Å²) in [5.41, 5.74) is 1.47. The summed E-state index contributed by atoms with van der Waals surface area (Å²) in [5.74, 6) is 1.46. The van der Waals surface area contributed by atoms with Crippen LogP contribution in [0.3, 0.4) is 0 Å². The molecule has 0 spiro atoms. The molecular weight excluding hydrogens is 296 g/mol. The standard InChI is InChI=1S/C16H28N4OS/c1-10-6-11(2)8-20(7-10)9-12(3)18-15(21)14-13(4)19-22-16(14)17-5/h10-12,17H,6-9H2,1-5H3,(H,18,21). The molecule has 1 aliphatic rings. The molecule has 1 saturated heterocycles. The molecular formula is C16H28N4OS. The van der Waals surface area contributed by atoms with Crippen molar-refractivity contribution in [1.82, 2.24) is 14.6 Å². The number of hydrogen-bond acceptors (Lipinski definition) is 5. The minimum absolute atomic E-state index is 0.0267. The molecule has 1 amide bonds. The SMILES string of the molecule is CNc1snc(C)c1C(=O)NC(C)CN1CC(C)CC(C)C1. The molecule has 1 fully saturated rings. The van der Waals surface area contributed by atoms with Crippen molar-refractivity contribution in [1.29, 1.82) is 0 Å². The first-order valence-corrected chi connectivity index (χ1v) is 8.85. The minimum atomic E-state index is -0.0267. The zero-order valence-electron chi connectivity index (χ0n) is 14.3. The summed E-state index contributed by atoms with van der Waals surface area (Å²) in [7, 11) is 1.82. The highest BCUT2D eigenvalue weighted by molar-refractivity contribution is 7.10. The third-order valence-electron chi connectivity index (χ3n) is 4.17. The molecule has 1 aromatic rings. The predicted octanol–water partition coefficient (Wildman–Crippen LogP) is 2.59. The molecule has 3 unspecified atom stereocenters. The maximum atomic E-state index is 12.5. The number of likely N-dealkylation sites (tertiary alicyclic amines) is 1. The Hall–Kier alpha value is -1.14. The molecule has 0 bridgehead atoms. The highest BCUT2D eigenvalue weighted by atomic mass is 32.1. The smallest absolute Gasteiger partial charge is 0.256 e. The fraction of sp³-hybridized carbons (Fsp3) is 0.750. The van der Waals surface area contributed by atoms with Crippen molar-refractivity contribution in [2.24, 2.45) is 11.8 Å². The van der Waals surface area contributed by atoms with Gasteiger partial charge < -0.3 is 15.5 Å². The van der Waals surface area contributed by atoms with Gasteiger partial charge in [-0.1, -0.05) is 13.8 Å². The largest absolute Gasteiger partial charge is 0.378 e. The van der Waals surface area contributed by atoms with Gasteiger partial charge in [-0.15, -0.1) is 0 Å². The molecule has 1 aromatic heterocycles. The van der Waals surface area contributed by atoms with E-state index in [1.165, 1.54) is 18.0 Å². The lowest BCUT2D eigenvalue weighted by Gasteiger charge is -2.36. The monoisotopic (exact) mass is 324 g/mol. The second-order valence-corrected chi connectivity index (χ2v) is 7.53. The number of aryl methyl sites for hydroxylation is 1. The minimum Gasteiger partial charge on any atom is -0.378 e. The Morgan fingerprint density at radius 1 is 1.41 bits per heavy atom. The quantitative estimate of drug-likeness (QED) is 0.874. The highest BCUT2D eigenvalue weighted by Crippen LogP contribution is 2.24. The molecule has 22 heavy (non-hydrogen) atoms. The van der Waals surface area contributed by atoms with E-state index in [0.717, 1.165) is 42.2 Å². The van der Waals surface area contributed by atoms with Gasteiger partial charge in [0.15, 0.2) is 0 Å². The number of aromatic nitrogens is 1. The topological polar surface area (TPSA) is 57.3 Å². The molecule has 0 radical (unpaired) electrons. The number of piperidine rings is 1.